The summed E-state index contributed by atoms with van der Waals surface area (Å²) in [5, 5.41) is 3.76. The average molecular weight is 365 g/mol. The Kier molecular flexibility index (Phi) is 4.64. The highest BCUT2D eigenvalue weighted by atomic mass is 35.5. The van der Waals surface area contributed by atoms with E-state index in [1.807, 2.05) is 0 Å². The van der Waals surface area contributed by atoms with Crippen LogP contribution in [0, 0.1) is 0 Å². The Bertz CT molecular complexity index is 810. The molecule has 0 unspecified atom stereocenters. The van der Waals surface area contributed by atoms with Crippen LogP contribution >= 0.6 is 23.2 Å². The van der Waals surface area contributed by atoms with Crippen LogP contribution in [0.4, 0.5) is 11.4 Å². The van der Waals surface area contributed by atoms with E-state index in [1.165, 1.54) is 6.07 Å². The summed E-state index contributed by atoms with van der Waals surface area (Å²) in [4.78, 5) is 26.0. The van der Waals surface area contributed by atoms with Gasteiger partial charge in [0.25, 0.3) is 5.91 Å². The van der Waals surface area contributed by atoms with Gasteiger partial charge in [-0.05, 0) is 30.3 Å². The van der Waals surface area contributed by atoms with Crippen molar-refractivity contribution in [2.45, 2.75) is 12.5 Å². The third-order valence-corrected chi connectivity index (χ3v) is 4.25. The van der Waals surface area contributed by atoms with Crippen molar-refractivity contribution < 1.29 is 14.3 Å². The van der Waals surface area contributed by atoms with Gasteiger partial charge in [0.1, 0.15) is 11.8 Å². The summed E-state index contributed by atoms with van der Waals surface area (Å²) in [5.74, 6) is -0.00830. The number of imide groups is 1. The Morgan fingerprint density at radius 3 is 2.67 bits per heavy atom. The number of ether oxygens (including phenoxy) is 1. The number of carbonyl (C=O) groups excluding carboxylic acids is 2. The van der Waals surface area contributed by atoms with Crippen LogP contribution in [0.2, 0.25) is 10.0 Å². The molecule has 1 aliphatic rings. The molecule has 1 saturated heterocycles. The molecule has 3 rings (SSSR count). The average Bonchev–Trinajstić information content (AvgIpc) is 2.82. The van der Waals surface area contributed by atoms with E-state index in [9.17, 15) is 9.59 Å². The highest BCUT2D eigenvalue weighted by Crippen LogP contribution is 2.33. The van der Waals surface area contributed by atoms with Gasteiger partial charge in [0, 0.05) is 16.8 Å². The van der Waals surface area contributed by atoms with Crippen molar-refractivity contribution in [1.29, 1.82) is 0 Å². The minimum absolute atomic E-state index is 0.0506. The molecule has 2 amide bonds. The molecule has 5 nitrogen and oxygen atoms in total. The van der Waals surface area contributed by atoms with Crippen molar-refractivity contribution in [2.75, 3.05) is 17.3 Å². The fourth-order valence-corrected chi connectivity index (χ4v) is 3.07. The van der Waals surface area contributed by atoms with Crippen molar-refractivity contribution in [3.63, 3.8) is 0 Å². The fraction of sp³-hybridized carbons (Fsp3) is 0.176. The van der Waals surface area contributed by atoms with Gasteiger partial charge in [-0.1, -0.05) is 29.3 Å². The monoisotopic (exact) mass is 364 g/mol. The van der Waals surface area contributed by atoms with Gasteiger partial charge in [-0.3, -0.25) is 9.59 Å². The van der Waals surface area contributed by atoms with Gasteiger partial charge >= 0.3 is 0 Å². The zero-order valence-electron chi connectivity index (χ0n) is 12.8. The number of nitrogens with one attached hydrogen (secondary N) is 1. The number of benzene rings is 2. The first-order valence-electron chi connectivity index (χ1n) is 7.22. The lowest BCUT2D eigenvalue weighted by Crippen LogP contribution is -2.35. The summed E-state index contributed by atoms with van der Waals surface area (Å²) >= 11 is 12.0. The summed E-state index contributed by atoms with van der Waals surface area (Å²) in [5.41, 5.74) is 1.04. The SMILES string of the molecule is COc1cccc(N[C@H]2CC(=O)N(c3ccc(Cl)cc3Cl)C2=O)c1. The Balaban J connectivity index is 1.83. The zero-order chi connectivity index (χ0) is 17.3. The predicted octanol–water partition coefficient (Wildman–Crippen LogP) is 3.75. The molecule has 0 aromatic heterocycles. The Morgan fingerprint density at radius 2 is 1.96 bits per heavy atom. The number of hydrogen-bond acceptors (Lipinski definition) is 4. The number of rotatable bonds is 4. The molecule has 1 heterocycles. The molecule has 0 aliphatic carbocycles. The molecule has 1 fully saturated rings. The van der Waals surface area contributed by atoms with Crippen molar-refractivity contribution in [3.8, 4) is 5.75 Å². The Hall–Kier alpha value is -2.24. The molecule has 1 N–H and O–H groups in total. The minimum atomic E-state index is -0.656. The van der Waals surface area contributed by atoms with Gasteiger partial charge in [0.15, 0.2) is 0 Å². The van der Waals surface area contributed by atoms with Gasteiger partial charge in [0.2, 0.25) is 5.91 Å². The van der Waals surface area contributed by atoms with E-state index in [0.717, 1.165) is 4.90 Å². The molecule has 2 aromatic rings. The number of carbonyl (C=O) groups is 2. The van der Waals surface area contributed by atoms with E-state index in [4.69, 9.17) is 27.9 Å². The number of methoxy groups -OCH3 is 1. The fourth-order valence-electron chi connectivity index (χ4n) is 2.57. The smallest absolute Gasteiger partial charge is 0.256 e. The van der Waals surface area contributed by atoms with Gasteiger partial charge in [-0.25, -0.2) is 4.90 Å². The van der Waals surface area contributed by atoms with Gasteiger partial charge in [-0.15, -0.1) is 0 Å². The first-order valence-corrected chi connectivity index (χ1v) is 7.97. The van der Waals surface area contributed by atoms with Crippen LogP contribution in [0.5, 0.6) is 5.75 Å². The molecular weight excluding hydrogens is 351 g/mol. The highest BCUT2D eigenvalue weighted by molar-refractivity contribution is 6.38. The third-order valence-electron chi connectivity index (χ3n) is 3.71. The first-order chi connectivity index (χ1) is 11.5. The predicted molar refractivity (Wildman–Crippen MR) is 94.0 cm³/mol. The maximum atomic E-state index is 12.6. The summed E-state index contributed by atoms with van der Waals surface area (Å²) in [6.07, 6.45) is 0.0506. The summed E-state index contributed by atoms with van der Waals surface area (Å²) in [6.45, 7) is 0. The maximum Gasteiger partial charge on any atom is 0.256 e. The number of amides is 2. The molecule has 2 aromatic carbocycles. The summed E-state index contributed by atoms with van der Waals surface area (Å²) in [7, 11) is 1.56. The van der Waals surface area contributed by atoms with Crippen LogP contribution in [0.25, 0.3) is 0 Å². The summed E-state index contributed by atoms with van der Waals surface area (Å²) in [6, 6.07) is 11.2. The van der Waals surface area contributed by atoms with Crippen LogP contribution in [0.3, 0.4) is 0 Å². The zero-order valence-corrected chi connectivity index (χ0v) is 14.3. The molecular formula is C17H14Cl2N2O3. The quantitative estimate of drug-likeness (QED) is 0.839. The van der Waals surface area contributed by atoms with Crippen LogP contribution in [0.15, 0.2) is 42.5 Å². The van der Waals surface area contributed by atoms with E-state index in [0.29, 0.717) is 22.1 Å². The van der Waals surface area contributed by atoms with Crippen LogP contribution in [0.1, 0.15) is 6.42 Å². The largest absolute Gasteiger partial charge is 0.497 e. The maximum absolute atomic E-state index is 12.6. The normalized spacial score (nSPS) is 17.3. The van der Waals surface area contributed by atoms with E-state index in [1.54, 1.807) is 43.5 Å². The second kappa shape index (κ2) is 6.71. The lowest BCUT2D eigenvalue weighted by Gasteiger charge is -2.17. The van der Waals surface area contributed by atoms with Crippen LogP contribution in [-0.2, 0) is 9.59 Å². The van der Waals surface area contributed by atoms with Crippen LogP contribution < -0.4 is 15.0 Å². The van der Waals surface area contributed by atoms with Gasteiger partial charge in [0.05, 0.1) is 24.2 Å². The molecule has 0 saturated carbocycles. The lowest BCUT2D eigenvalue weighted by atomic mass is 10.2. The number of halogens is 2. The summed E-state index contributed by atoms with van der Waals surface area (Å²) < 4.78 is 5.15. The molecule has 1 aliphatic heterocycles. The van der Waals surface area contributed by atoms with E-state index >= 15 is 0 Å². The van der Waals surface area contributed by atoms with Gasteiger partial charge in [-0.2, -0.15) is 0 Å². The molecule has 0 radical (unpaired) electrons. The molecule has 0 bridgehead atoms. The highest BCUT2D eigenvalue weighted by Gasteiger charge is 2.40. The second-order valence-corrected chi connectivity index (χ2v) is 6.14. The Morgan fingerprint density at radius 1 is 1.17 bits per heavy atom. The van der Waals surface area contributed by atoms with Gasteiger partial charge < -0.3 is 10.1 Å². The molecule has 24 heavy (non-hydrogen) atoms. The topological polar surface area (TPSA) is 58.6 Å². The Labute approximate surface area is 149 Å². The number of anilines is 2. The van der Waals surface area contributed by atoms with E-state index < -0.39 is 6.04 Å². The lowest BCUT2D eigenvalue weighted by molar-refractivity contribution is -0.121. The molecule has 7 heteroatoms. The first kappa shape index (κ1) is 16.6. The molecule has 1 atom stereocenters. The van der Waals surface area contributed by atoms with Crippen molar-refractivity contribution >= 4 is 46.4 Å². The van der Waals surface area contributed by atoms with E-state index in [-0.39, 0.29) is 23.3 Å². The second-order valence-electron chi connectivity index (χ2n) is 5.30. The minimum Gasteiger partial charge on any atom is -0.497 e. The standard InChI is InChI=1S/C17H14Cl2N2O3/c1-24-12-4-2-3-11(8-12)20-14-9-16(22)21(17(14)23)15-6-5-10(18)7-13(15)19/h2-8,14,20H,9H2,1H3/t14-/m0/s1. The van der Waals surface area contributed by atoms with E-state index in [2.05, 4.69) is 5.32 Å². The van der Waals surface area contributed by atoms with Crippen LogP contribution in [-0.4, -0.2) is 25.0 Å². The third kappa shape index (κ3) is 3.18. The van der Waals surface area contributed by atoms with Crippen molar-refractivity contribution in [3.05, 3.63) is 52.5 Å². The molecule has 124 valence electrons. The number of nitrogens with zero attached hydrogens (tertiary/aromatic N) is 1. The van der Waals surface area contributed by atoms with Crippen molar-refractivity contribution in [1.82, 2.24) is 0 Å². The molecule has 0 spiro atoms. The number of hydrogen-bond donors (Lipinski definition) is 1. The van der Waals surface area contributed by atoms with Crippen molar-refractivity contribution in [2.24, 2.45) is 0 Å².